The molecule has 5 heteroatoms. The van der Waals surface area contributed by atoms with Gasteiger partial charge >= 0.3 is 0 Å². The van der Waals surface area contributed by atoms with Crippen molar-refractivity contribution in [3.8, 4) is 0 Å². The van der Waals surface area contributed by atoms with Crippen molar-refractivity contribution in [2.45, 2.75) is 58.0 Å². The van der Waals surface area contributed by atoms with Crippen LogP contribution in [-0.2, 0) is 24.3 Å². The van der Waals surface area contributed by atoms with E-state index in [1.54, 1.807) is 0 Å². The van der Waals surface area contributed by atoms with E-state index in [2.05, 4.69) is 27.7 Å². The fourth-order valence-electron chi connectivity index (χ4n) is 5.18. The van der Waals surface area contributed by atoms with Gasteiger partial charge in [0.25, 0.3) is 0 Å². The van der Waals surface area contributed by atoms with Gasteiger partial charge in [0.2, 0.25) is 5.91 Å². The molecule has 0 spiro atoms. The molecule has 0 atom stereocenters. The first-order chi connectivity index (χ1) is 14.7. The molecule has 1 fully saturated rings. The van der Waals surface area contributed by atoms with Crippen molar-refractivity contribution in [1.82, 2.24) is 14.5 Å². The van der Waals surface area contributed by atoms with E-state index in [0.717, 1.165) is 30.2 Å². The molecule has 1 aromatic carbocycles. The van der Waals surface area contributed by atoms with Crippen LogP contribution in [0, 0.1) is 5.92 Å². The van der Waals surface area contributed by atoms with Gasteiger partial charge in [-0.3, -0.25) is 4.79 Å². The minimum absolute atomic E-state index is 0.323. The molecule has 0 bridgehead atoms. The number of aromatic nitrogens is 2. The van der Waals surface area contributed by atoms with E-state index in [1.807, 2.05) is 24.4 Å². The van der Waals surface area contributed by atoms with Crippen LogP contribution in [0.2, 0.25) is 5.02 Å². The molecule has 3 heterocycles. The highest BCUT2D eigenvalue weighted by molar-refractivity contribution is 6.30. The number of hydrogen-bond donors (Lipinski definition) is 0. The summed E-state index contributed by atoms with van der Waals surface area (Å²) in [6, 6.07) is 12.2. The summed E-state index contributed by atoms with van der Waals surface area (Å²) >= 11 is 6.07. The number of halogens is 1. The largest absolute Gasteiger partial charge is 0.337 e. The van der Waals surface area contributed by atoms with E-state index in [9.17, 15) is 4.79 Å². The monoisotopic (exact) mass is 421 g/mol. The molecule has 1 aliphatic carbocycles. The smallest absolute Gasteiger partial charge is 0.223 e. The lowest BCUT2D eigenvalue weighted by molar-refractivity contribution is -0.133. The molecule has 4 nitrogen and oxygen atoms in total. The number of hydrogen-bond acceptors (Lipinski definition) is 2. The lowest BCUT2D eigenvalue weighted by Gasteiger charge is -2.31. The van der Waals surface area contributed by atoms with Gasteiger partial charge in [0, 0.05) is 41.8 Å². The van der Waals surface area contributed by atoms with Crippen LogP contribution in [0.1, 0.15) is 55.3 Å². The summed E-state index contributed by atoms with van der Waals surface area (Å²) in [5.41, 5.74) is 4.80. The number of amides is 1. The van der Waals surface area contributed by atoms with Gasteiger partial charge in [0.15, 0.2) is 0 Å². The van der Waals surface area contributed by atoms with E-state index in [0.29, 0.717) is 24.8 Å². The van der Waals surface area contributed by atoms with Crippen LogP contribution in [-0.4, -0.2) is 26.9 Å². The summed E-state index contributed by atoms with van der Waals surface area (Å²) in [7, 11) is 0. The Morgan fingerprint density at radius 2 is 1.90 bits per heavy atom. The van der Waals surface area contributed by atoms with E-state index in [-0.39, 0.29) is 0 Å². The third-order valence-electron chi connectivity index (χ3n) is 6.81. The fourth-order valence-corrected chi connectivity index (χ4v) is 5.31. The Hall–Kier alpha value is -2.33. The maximum atomic E-state index is 13.1. The van der Waals surface area contributed by atoms with Crippen LogP contribution >= 0.6 is 11.6 Å². The topological polar surface area (TPSA) is 38.1 Å². The van der Waals surface area contributed by atoms with Gasteiger partial charge in [-0.2, -0.15) is 0 Å². The number of benzene rings is 1. The molecule has 0 unspecified atom stereocenters. The van der Waals surface area contributed by atoms with Gasteiger partial charge in [0.05, 0.1) is 6.54 Å². The summed E-state index contributed by atoms with van der Waals surface area (Å²) < 4.78 is 2.30. The van der Waals surface area contributed by atoms with E-state index < -0.39 is 0 Å². The van der Waals surface area contributed by atoms with E-state index in [1.165, 1.54) is 54.3 Å². The Morgan fingerprint density at radius 3 is 2.70 bits per heavy atom. The molecule has 1 amide bonds. The Balaban J connectivity index is 1.43. The molecule has 3 aromatic rings. The number of fused-ring (bicyclic) bond motifs is 3. The second kappa shape index (κ2) is 8.43. The van der Waals surface area contributed by atoms with Crippen LogP contribution in [0.15, 0.2) is 42.6 Å². The average Bonchev–Trinajstić information content (AvgIpc) is 3.09. The zero-order chi connectivity index (χ0) is 20.5. The van der Waals surface area contributed by atoms with Gasteiger partial charge in [-0.1, -0.05) is 43.0 Å². The molecule has 2 aromatic heterocycles. The molecule has 1 saturated carbocycles. The zero-order valence-electron chi connectivity index (χ0n) is 17.3. The first-order valence-electron chi connectivity index (χ1n) is 11.2. The highest BCUT2D eigenvalue weighted by Crippen LogP contribution is 2.32. The molecular weight excluding hydrogens is 394 g/mol. The number of pyridine rings is 1. The van der Waals surface area contributed by atoms with Crippen LogP contribution in [0.5, 0.6) is 0 Å². The van der Waals surface area contributed by atoms with Crippen molar-refractivity contribution in [3.05, 3.63) is 64.4 Å². The average molecular weight is 422 g/mol. The summed E-state index contributed by atoms with van der Waals surface area (Å²) in [6.45, 7) is 2.24. The Kier molecular flexibility index (Phi) is 5.51. The van der Waals surface area contributed by atoms with Crippen LogP contribution in [0.4, 0.5) is 0 Å². The standard InChI is InChI=1S/C25H28ClN3O/c26-20-10-8-19(9-11-20)16-29-23-17-28(24(30)15-18-5-2-1-3-6-18)14-12-21(23)22-7-4-13-27-25(22)29/h4,7-11,13,18H,1-3,5-6,12,14-17H2. The van der Waals surface area contributed by atoms with Crippen molar-refractivity contribution >= 4 is 28.5 Å². The molecule has 156 valence electrons. The Morgan fingerprint density at radius 1 is 1.10 bits per heavy atom. The fraction of sp³-hybridized carbons (Fsp3) is 0.440. The van der Waals surface area contributed by atoms with Gasteiger partial charge < -0.3 is 9.47 Å². The normalized spacial score (nSPS) is 17.3. The lowest BCUT2D eigenvalue weighted by Crippen LogP contribution is -2.37. The minimum Gasteiger partial charge on any atom is -0.337 e. The van der Waals surface area contributed by atoms with E-state index in [4.69, 9.17) is 16.6 Å². The minimum atomic E-state index is 0.323. The maximum Gasteiger partial charge on any atom is 0.223 e. The van der Waals surface area contributed by atoms with Crippen LogP contribution < -0.4 is 0 Å². The third-order valence-corrected chi connectivity index (χ3v) is 7.06. The van der Waals surface area contributed by atoms with Crippen molar-refractivity contribution < 1.29 is 4.79 Å². The number of carbonyl (C=O) groups is 1. The number of carbonyl (C=O) groups excluding carboxylic acids is 1. The molecule has 1 aliphatic heterocycles. The lowest BCUT2D eigenvalue weighted by atomic mass is 9.86. The molecule has 2 aliphatic rings. The molecule has 0 saturated heterocycles. The van der Waals surface area contributed by atoms with Crippen molar-refractivity contribution in [2.75, 3.05) is 6.54 Å². The maximum absolute atomic E-state index is 13.1. The molecule has 0 radical (unpaired) electrons. The van der Waals surface area contributed by atoms with Gasteiger partial charge in [-0.15, -0.1) is 0 Å². The zero-order valence-corrected chi connectivity index (χ0v) is 18.1. The predicted molar refractivity (Wildman–Crippen MR) is 121 cm³/mol. The Bertz CT molecular complexity index is 1050. The second-order valence-electron chi connectivity index (χ2n) is 8.79. The molecular formula is C25H28ClN3O. The first-order valence-corrected chi connectivity index (χ1v) is 11.5. The van der Waals surface area contributed by atoms with Crippen molar-refractivity contribution in [3.63, 3.8) is 0 Å². The van der Waals surface area contributed by atoms with Crippen molar-refractivity contribution in [2.24, 2.45) is 5.92 Å². The van der Waals surface area contributed by atoms with Crippen molar-refractivity contribution in [1.29, 1.82) is 0 Å². The number of nitrogens with zero attached hydrogens (tertiary/aromatic N) is 3. The first kappa shape index (κ1) is 19.6. The van der Waals surface area contributed by atoms with Crippen LogP contribution in [0.25, 0.3) is 11.0 Å². The van der Waals surface area contributed by atoms with Gasteiger partial charge in [0.1, 0.15) is 5.65 Å². The highest BCUT2D eigenvalue weighted by Gasteiger charge is 2.28. The quantitative estimate of drug-likeness (QED) is 0.550. The Labute approximate surface area is 182 Å². The highest BCUT2D eigenvalue weighted by atomic mass is 35.5. The van der Waals surface area contributed by atoms with E-state index >= 15 is 0 Å². The molecule has 5 rings (SSSR count). The summed E-state index contributed by atoms with van der Waals surface area (Å²) in [6.07, 6.45) is 9.80. The van der Waals surface area contributed by atoms with Gasteiger partial charge in [-0.25, -0.2) is 4.98 Å². The third kappa shape index (κ3) is 3.85. The van der Waals surface area contributed by atoms with Gasteiger partial charge in [-0.05, 0) is 60.6 Å². The summed E-state index contributed by atoms with van der Waals surface area (Å²) in [5, 5.41) is 1.97. The predicted octanol–water partition coefficient (Wildman–Crippen LogP) is 5.59. The SMILES string of the molecule is O=C(CC1CCCCC1)N1CCc2c(n(Cc3ccc(Cl)cc3)c3ncccc23)C1. The second-order valence-corrected chi connectivity index (χ2v) is 9.22. The summed E-state index contributed by atoms with van der Waals surface area (Å²) in [4.78, 5) is 19.9. The van der Waals surface area contributed by atoms with Crippen LogP contribution in [0.3, 0.4) is 0 Å². The summed E-state index contributed by atoms with van der Waals surface area (Å²) in [5.74, 6) is 0.901. The molecule has 30 heavy (non-hydrogen) atoms. The molecule has 0 N–H and O–H groups in total. The number of rotatable bonds is 4.